The molecular formula is C16H12N2O4. The molecule has 1 aromatic carbocycles. The molecule has 0 bridgehead atoms. The van der Waals surface area contributed by atoms with E-state index < -0.39 is 17.8 Å². The van der Waals surface area contributed by atoms with Crippen molar-refractivity contribution in [2.75, 3.05) is 4.90 Å². The highest BCUT2D eigenvalue weighted by Crippen LogP contribution is 2.24. The summed E-state index contributed by atoms with van der Waals surface area (Å²) in [5.74, 6) is -1.38. The number of nitrogens with zero attached hydrogens (tertiary/aromatic N) is 1. The van der Waals surface area contributed by atoms with Gasteiger partial charge in [0, 0.05) is 5.56 Å². The Bertz CT molecular complexity index is 790. The molecule has 110 valence electrons. The molecule has 1 saturated heterocycles. The normalized spacial score (nSPS) is 17.0. The smallest absolute Gasteiger partial charge is 0.335 e. The van der Waals surface area contributed by atoms with Crippen LogP contribution in [0.5, 0.6) is 0 Å². The number of para-hydroxylation sites is 1. The first kappa shape index (κ1) is 13.8. The summed E-state index contributed by atoms with van der Waals surface area (Å²) in [6.07, 6.45) is 4.23. The predicted octanol–water partition coefficient (Wildman–Crippen LogP) is 2.25. The molecule has 6 heteroatoms. The molecule has 0 saturated carbocycles. The van der Waals surface area contributed by atoms with Crippen LogP contribution < -0.4 is 10.2 Å². The molecule has 1 aromatic heterocycles. The molecular weight excluding hydrogens is 284 g/mol. The van der Waals surface area contributed by atoms with E-state index in [2.05, 4.69) is 5.32 Å². The molecule has 0 aliphatic carbocycles. The van der Waals surface area contributed by atoms with Crippen LogP contribution in [0.15, 0.2) is 52.8 Å². The van der Waals surface area contributed by atoms with E-state index in [1.165, 1.54) is 18.6 Å². The molecule has 0 atom stereocenters. The lowest BCUT2D eigenvalue weighted by Crippen LogP contribution is -2.54. The van der Waals surface area contributed by atoms with Gasteiger partial charge in [0.15, 0.2) is 0 Å². The lowest BCUT2D eigenvalue weighted by atomic mass is 10.1. The fourth-order valence-electron chi connectivity index (χ4n) is 2.21. The number of carbonyl (C=O) groups is 3. The number of nitrogens with one attached hydrogen (secondary N) is 1. The highest BCUT2D eigenvalue weighted by atomic mass is 16.3. The lowest BCUT2D eigenvalue weighted by molar-refractivity contribution is -0.122. The third-order valence-corrected chi connectivity index (χ3v) is 3.31. The van der Waals surface area contributed by atoms with Gasteiger partial charge in [-0.3, -0.25) is 14.9 Å². The molecule has 0 unspecified atom stereocenters. The summed E-state index contributed by atoms with van der Waals surface area (Å²) in [6.45, 7) is 1.78. The molecule has 2 heterocycles. The van der Waals surface area contributed by atoms with E-state index in [1.807, 2.05) is 0 Å². The second-order valence-electron chi connectivity index (χ2n) is 4.80. The Morgan fingerprint density at radius 3 is 2.59 bits per heavy atom. The zero-order valence-corrected chi connectivity index (χ0v) is 11.7. The Kier molecular flexibility index (Phi) is 3.34. The second kappa shape index (κ2) is 5.33. The van der Waals surface area contributed by atoms with E-state index in [-0.39, 0.29) is 5.57 Å². The fourth-order valence-corrected chi connectivity index (χ4v) is 2.21. The number of rotatable bonds is 2. The molecule has 6 nitrogen and oxygen atoms in total. The van der Waals surface area contributed by atoms with Gasteiger partial charge in [-0.2, -0.15) is 0 Å². The van der Waals surface area contributed by atoms with Gasteiger partial charge in [0.1, 0.15) is 5.57 Å². The first-order chi connectivity index (χ1) is 10.6. The van der Waals surface area contributed by atoms with Crippen LogP contribution in [0.25, 0.3) is 6.08 Å². The first-order valence-corrected chi connectivity index (χ1v) is 6.57. The van der Waals surface area contributed by atoms with E-state index in [4.69, 9.17) is 4.42 Å². The molecule has 22 heavy (non-hydrogen) atoms. The van der Waals surface area contributed by atoms with Gasteiger partial charge >= 0.3 is 6.03 Å². The summed E-state index contributed by atoms with van der Waals surface area (Å²) in [5.41, 5.74) is 1.64. The standard InChI is InChI=1S/C16H12N2O4/c1-10-4-2-3-5-13(10)18-15(20)12(14(19)17-16(18)21)8-11-6-7-22-9-11/h2-9H,1H3,(H,17,19,21)/b12-8+. The van der Waals surface area contributed by atoms with Gasteiger partial charge in [-0.25, -0.2) is 9.69 Å². The maximum Gasteiger partial charge on any atom is 0.335 e. The van der Waals surface area contributed by atoms with Crippen molar-refractivity contribution in [3.63, 3.8) is 0 Å². The SMILES string of the molecule is Cc1ccccc1N1C(=O)NC(=O)/C(=C\c2ccoc2)C1=O. The van der Waals surface area contributed by atoms with Crippen molar-refractivity contribution in [1.29, 1.82) is 0 Å². The van der Waals surface area contributed by atoms with Gasteiger partial charge in [-0.1, -0.05) is 18.2 Å². The molecule has 3 rings (SSSR count). The van der Waals surface area contributed by atoms with Gasteiger partial charge in [-0.15, -0.1) is 0 Å². The molecule has 0 spiro atoms. The van der Waals surface area contributed by atoms with Gasteiger partial charge in [0.05, 0.1) is 18.2 Å². The van der Waals surface area contributed by atoms with Crippen LogP contribution in [0, 0.1) is 6.92 Å². The van der Waals surface area contributed by atoms with E-state index >= 15 is 0 Å². The van der Waals surface area contributed by atoms with E-state index in [0.717, 1.165) is 10.5 Å². The minimum atomic E-state index is -0.756. The monoisotopic (exact) mass is 296 g/mol. The average Bonchev–Trinajstić information content (AvgIpc) is 2.98. The molecule has 1 fully saturated rings. The van der Waals surface area contributed by atoms with Crippen molar-refractivity contribution >= 4 is 29.6 Å². The fraction of sp³-hybridized carbons (Fsp3) is 0.0625. The predicted molar refractivity (Wildman–Crippen MR) is 78.9 cm³/mol. The van der Waals surface area contributed by atoms with Gasteiger partial charge in [0.2, 0.25) is 0 Å². The van der Waals surface area contributed by atoms with Crippen LogP contribution in [-0.4, -0.2) is 17.8 Å². The number of urea groups is 1. The minimum absolute atomic E-state index is 0.121. The minimum Gasteiger partial charge on any atom is -0.472 e. The van der Waals surface area contributed by atoms with Crippen LogP contribution in [-0.2, 0) is 9.59 Å². The zero-order valence-electron chi connectivity index (χ0n) is 11.7. The van der Waals surface area contributed by atoms with E-state index in [1.54, 1.807) is 37.3 Å². The Hall–Kier alpha value is -3.15. The Morgan fingerprint density at radius 1 is 1.14 bits per heavy atom. The van der Waals surface area contributed by atoms with Crippen molar-refractivity contribution in [3.8, 4) is 0 Å². The number of furan rings is 1. The van der Waals surface area contributed by atoms with Crippen molar-refractivity contribution in [3.05, 3.63) is 59.6 Å². The van der Waals surface area contributed by atoms with Gasteiger partial charge < -0.3 is 4.42 Å². The number of anilines is 1. The topological polar surface area (TPSA) is 79.6 Å². The van der Waals surface area contributed by atoms with Crippen molar-refractivity contribution in [2.24, 2.45) is 0 Å². The summed E-state index contributed by atoms with van der Waals surface area (Å²) < 4.78 is 4.91. The largest absolute Gasteiger partial charge is 0.472 e. The highest BCUT2D eigenvalue weighted by molar-refractivity contribution is 6.39. The summed E-state index contributed by atoms with van der Waals surface area (Å²) in [5, 5.41) is 2.18. The molecule has 0 radical (unpaired) electrons. The number of hydrogen-bond acceptors (Lipinski definition) is 4. The van der Waals surface area contributed by atoms with Crippen LogP contribution in [0.2, 0.25) is 0 Å². The van der Waals surface area contributed by atoms with Crippen LogP contribution in [0.1, 0.15) is 11.1 Å². The number of aryl methyl sites for hydroxylation is 1. The molecule has 2 aromatic rings. The molecule has 1 aliphatic rings. The maximum atomic E-state index is 12.6. The Balaban J connectivity index is 2.05. The van der Waals surface area contributed by atoms with Crippen molar-refractivity contribution in [2.45, 2.75) is 6.92 Å². The zero-order chi connectivity index (χ0) is 15.7. The molecule has 1 N–H and O–H groups in total. The average molecular weight is 296 g/mol. The number of benzene rings is 1. The third kappa shape index (κ3) is 2.31. The quantitative estimate of drug-likeness (QED) is 0.681. The summed E-state index contributed by atoms with van der Waals surface area (Å²) in [4.78, 5) is 37.5. The number of amides is 4. The number of hydrogen-bond donors (Lipinski definition) is 1. The Labute approximate surface area is 126 Å². The molecule has 1 aliphatic heterocycles. The Morgan fingerprint density at radius 2 is 1.91 bits per heavy atom. The first-order valence-electron chi connectivity index (χ1n) is 6.57. The van der Waals surface area contributed by atoms with E-state index in [0.29, 0.717) is 11.3 Å². The van der Waals surface area contributed by atoms with Gasteiger partial charge in [-0.05, 0) is 30.7 Å². The molecule has 4 amide bonds. The second-order valence-corrected chi connectivity index (χ2v) is 4.80. The van der Waals surface area contributed by atoms with Crippen LogP contribution >= 0.6 is 0 Å². The summed E-state index contributed by atoms with van der Waals surface area (Å²) in [7, 11) is 0. The summed E-state index contributed by atoms with van der Waals surface area (Å²) >= 11 is 0. The number of barbiturate groups is 1. The lowest BCUT2D eigenvalue weighted by Gasteiger charge is -2.27. The van der Waals surface area contributed by atoms with Gasteiger partial charge in [0.25, 0.3) is 11.8 Å². The van der Waals surface area contributed by atoms with Crippen molar-refractivity contribution < 1.29 is 18.8 Å². The third-order valence-electron chi connectivity index (χ3n) is 3.31. The maximum absolute atomic E-state index is 12.6. The highest BCUT2D eigenvalue weighted by Gasteiger charge is 2.37. The number of imide groups is 2. The van der Waals surface area contributed by atoms with E-state index in [9.17, 15) is 14.4 Å². The summed E-state index contributed by atoms with van der Waals surface area (Å²) in [6, 6.07) is 7.82. The van der Waals surface area contributed by atoms with Crippen LogP contribution in [0.4, 0.5) is 10.5 Å². The van der Waals surface area contributed by atoms with Crippen molar-refractivity contribution in [1.82, 2.24) is 5.32 Å². The van der Waals surface area contributed by atoms with Crippen LogP contribution in [0.3, 0.4) is 0 Å². The number of carbonyl (C=O) groups excluding carboxylic acids is 3.